The van der Waals surface area contributed by atoms with Crippen LogP contribution in [0.4, 0.5) is 0 Å². The zero-order valence-electron chi connectivity index (χ0n) is 13.5. The van der Waals surface area contributed by atoms with Crippen LogP contribution in [-0.2, 0) is 18.9 Å². The molecule has 0 bridgehead atoms. The summed E-state index contributed by atoms with van der Waals surface area (Å²) in [6.07, 6.45) is -11.6. The van der Waals surface area contributed by atoms with Gasteiger partial charge in [-0.1, -0.05) is 0 Å². The molecule has 11 heteroatoms. The quantitative estimate of drug-likeness (QED) is 0.289. The number of rotatable bonds is 4. The Morgan fingerprint density at radius 1 is 0.920 bits per heavy atom. The van der Waals surface area contributed by atoms with Crippen LogP contribution in [-0.4, -0.2) is 111 Å². The van der Waals surface area contributed by atoms with Crippen LogP contribution in [0.2, 0.25) is 0 Å². The molecule has 0 radical (unpaired) electrons. The van der Waals surface area contributed by atoms with Crippen molar-refractivity contribution in [3.8, 4) is 0 Å². The van der Waals surface area contributed by atoms with Gasteiger partial charge in [0.25, 0.3) is 0 Å². The number of fused-ring (bicyclic) bond motifs is 1. The van der Waals surface area contributed by atoms with Crippen molar-refractivity contribution in [3.63, 3.8) is 0 Å². The van der Waals surface area contributed by atoms with Gasteiger partial charge in [-0.2, -0.15) is 0 Å². The van der Waals surface area contributed by atoms with E-state index in [0.717, 1.165) is 0 Å². The van der Waals surface area contributed by atoms with Gasteiger partial charge in [0.05, 0.1) is 13.2 Å². The van der Waals surface area contributed by atoms with Crippen molar-refractivity contribution in [3.05, 3.63) is 0 Å². The number of aliphatic hydroxyl groups is 6. The van der Waals surface area contributed by atoms with Gasteiger partial charge in [-0.3, -0.25) is 0 Å². The van der Waals surface area contributed by atoms with Gasteiger partial charge in [0.15, 0.2) is 12.2 Å². The molecule has 0 aromatic heterocycles. The van der Waals surface area contributed by atoms with Crippen molar-refractivity contribution in [2.75, 3.05) is 13.2 Å². The van der Waals surface area contributed by atoms with Gasteiger partial charge in [0.1, 0.15) is 48.8 Å². The smallest absolute Gasteiger partial charge is 0.227 e. The van der Waals surface area contributed by atoms with E-state index in [9.17, 15) is 30.6 Å². The summed E-state index contributed by atoms with van der Waals surface area (Å²) in [5.41, 5.74) is 0. The molecule has 3 heterocycles. The highest BCUT2D eigenvalue weighted by Gasteiger charge is 2.53. The molecule has 0 amide bonds. The molecular weight excluding hydrogens is 342 g/mol. The average Bonchev–Trinajstić information content (AvgIpc) is 2.97. The fraction of sp³-hybridized carbons (Fsp3) is 0.929. The fourth-order valence-corrected chi connectivity index (χ4v) is 3.19. The minimum absolute atomic E-state index is 0.309. The first-order chi connectivity index (χ1) is 11.9. The Morgan fingerprint density at radius 3 is 2.20 bits per heavy atom. The Labute approximate surface area is 143 Å². The van der Waals surface area contributed by atoms with E-state index in [4.69, 9.17) is 18.9 Å². The molecule has 0 aromatic rings. The molecule has 2 fully saturated rings. The molecule has 0 aliphatic carbocycles. The first kappa shape index (κ1) is 18.9. The van der Waals surface area contributed by atoms with Crippen molar-refractivity contribution in [1.82, 2.24) is 0 Å². The van der Waals surface area contributed by atoms with E-state index >= 15 is 0 Å². The molecule has 4 unspecified atom stereocenters. The second-order valence-corrected chi connectivity index (χ2v) is 6.27. The zero-order chi connectivity index (χ0) is 18.3. The second-order valence-electron chi connectivity index (χ2n) is 6.27. The van der Waals surface area contributed by atoms with Crippen LogP contribution >= 0.6 is 0 Å². The summed E-state index contributed by atoms with van der Waals surface area (Å²) >= 11 is 0. The van der Waals surface area contributed by atoms with Gasteiger partial charge in [-0.05, 0) is 0 Å². The van der Waals surface area contributed by atoms with Crippen LogP contribution in [0.15, 0.2) is 4.99 Å². The third-order valence-corrected chi connectivity index (χ3v) is 4.58. The number of hydrogen-bond donors (Lipinski definition) is 6. The van der Waals surface area contributed by atoms with Crippen LogP contribution in [0.1, 0.15) is 6.92 Å². The number of hydrogen-bond acceptors (Lipinski definition) is 11. The predicted molar refractivity (Wildman–Crippen MR) is 78.4 cm³/mol. The first-order valence-electron chi connectivity index (χ1n) is 7.98. The second kappa shape index (κ2) is 7.39. The van der Waals surface area contributed by atoms with Crippen molar-refractivity contribution in [2.24, 2.45) is 4.99 Å². The maximum absolute atomic E-state index is 10.4. The minimum atomic E-state index is -1.62. The highest BCUT2D eigenvalue weighted by molar-refractivity contribution is 5.75. The van der Waals surface area contributed by atoms with E-state index in [-0.39, 0.29) is 0 Å². The van der Waals surface area contributed by atoms with Crippen molar-refractivity contribution < 1.29 is 49.6 Å². The molecule has 25 heavy (non-hydrogen) atoms. The highest BCUT2D eigenvalue weighted by atomic mass is 16.7. The van der Waals surface area contributed by atoms with E-state index in [2.05, 4.69) is 4.99 Å². The standard InChI is InChI=1S/C14H23NO10/c1-4-15-7-12(9(19)6(3-17)23-13(7)22-4)25-14-11(21)10(20)8(18)5(2-16)24-14/h5-14,16-21H,2-3H2,1H3/t5?,6?,7?,8-,9+,10?,11-,12+,13-,14-/m0/s1. The Balaban J connectivity index is 1.78. The lowest BCUT2D eigenvalue weighted by Gasteiger charge is -2.44. The Hall–Kier alpha value is -0.890. The molecular formula is C14H23NO10. The van der Waals surface area contributed by atoms with Crippen LogP contribution in [0.5, 0.6) is 0 Å². The van der Waals surface area contributed by atoms with E-state index in [0.29, 0.717) is 5.90 Å². The first-order valence-corrected chi connectivity index (χ1v) is 7.98. The topological polar surface area (TPSA) is 171 Å². The van der Waals surface area contributed by atoms with Crippen LogP contribution < -0.4 is 0 Å². The molecule has 3 rings (SSSR count). The Morgan fingerprint density at radius 2 is 1.56 bits per heavy atom. The van der Waals surface area contributed by atoms with Gasteiger partial charge in [-0.25, -0.2) is 4.99 Å². The summed E-state index contributed by atoms with van der Waals surface area (Å²) in [7, 11) is 0. The monoisotopic (exact) mass is 365 g/mol. The van der Waals surface area contributed by atoms with E-state index < -0.39 is 74.6 Å². The lowest BCUT2D eigenvalue weighted by Crippen LogP contribution is -2.63. The SMILES string of the molecule is CC1=NC2[C@@H](O1)OC(CO)[C@@H](O)[C@@H]2O[C@@H]1OC(CO)[C@H](O)C(O)[C@@H]1O. The third kappa shape index (κ3) is 3.39. The molecule has 6 N–H and O–H groups in total. The van der Waals surface area contributed by atoms with Crippen molar-refractivity contribution in [1.29, 1.82) is 0 Å². The molecule has 2 saturated heterocycles. The summed E-state index contributed by atoms with van der Waals surface area (Å²) in [5.74, 6) is 0.309. The molecule has 10 atom stereocenters. The number of aliphatic hydroxyl groups excluding tert-OH is 6. The molecule has 0 saturated carbocycles. The van der Waals surface area contributed by atoms with Gasteiger partial charge in [-0.15, -0.1) is 0 Å². The molecule has 0 spiro atoms. The van der Waals surface area contributed by atoms with Crippen molar-refractivity contribution in [2.45, 2.75) is 68.3 Å². The summed E-state index contributed by atoms with van der Waals surface area (Å²) in [6.45, 7) is 0.487. The molecule has 144 valence electrons. The van der Waals surface area contributed by atoms with Crippen LogP contribution in [0.25, 0.3) is 0 Å². The van der Waals surface area contributed by atoms with E-state index in [1.54, 1.807) is 6.92 Å². The van der Waals surface area contributed by atoms with Crippen molar-refractivity contribution >= 4 is 5.90 Å². The summed E-state index contributed by atoms with van der Waals surface area (Å²) in [6, 6.07) is -0.773. The largest absolute Gasteiger partial charge is 0.450 e. The molecule has 3 aliphatic rings. The zero-order valence-corrected chi connectivity index (χ0v) is 13.5. The normalized spacial score (nSPS) is 50.1. The summed E-state index contributed by atoms with van der Waals surface area (Å²) < 4.78 is 21.7. The lowest BCUT2D eigenvalue weighted by molar-refractivity contribution is -0.336. The third-order valence-electron chi connectivity index (χ3n) is 4.58. The molecule has 11 nitrogen and oxygen atoms in total. The van der Waals surface area contributed by atoms with E-state index in [1.807, 2.05) is 0 Å². The summed E-state index contributed by atoms with van der Waals surface area (Å²) in [4.78, 5) is 4.18. The Kier molecular flexibility index (Phi) is 5.58. The van der Waals surface area contributed by atoms with Crippen LogP contribution in [0.3, 0.4) is 0 Å². The van der Waals surface area contributed by atoms with Gasteiger partial charge in [0, 0.05) is 6.92 Å². The van der Waals surface area contributed by atoms with E-state index in [1.165, 1.54) is 0 Å². The Bertz CT molecular complexity index is 502. The highest BCUT2D eigenvalue weighted by Crippen LogP contribution is 2.33. The number of aliphatic imine (C=N–C) groups is 1. The average molecular weight is 365 g/mol. The lowest BCUT2D eigenvalue weighted by atomic mass is 9.96. The fourth-order valence-electron chi connectivity index (χ4n) is 3.19. The maximum atomic E-state index is 10.4. The number of nitrogens with zero attached hydrogens (tertiary/aromatic N) is 1. The molecule has 3 aliphatic heterocycles. The predicted octanol–water partition coefficient (Wildman–Crippen LogP) is -3.93. The molecule has 0 aromatic carbocycles. The van der Waals surface area contributed by atoms with Crippen LogP contribution in [0, 0.1) is 0 Å². The van der Waals surface area contributed by atoms with Gasteiger partial charge >= 0.3 is 0 Å². The van der Waals surface area contributed by atoms with Gasteiger partial charge in [0.2, 0.25) is 6.29 Å². The van der Waals surface area contributed by atoms with Gasteiger partial charge < -0.3 is 49.6 Å². The number of ether oxygens (including phenoxy) is 4. The summed E-state index contributed by atoms with van der Waals surface area (Å²) in [5, 5.41) is 58.7. The maximum Gasteiger partial charge on any atom is 0.227 e. The minimum Gasteiger partial charge on any atom is -0.450 e.